The Balaban J connectivity index is 1.47. The summed E-state index contributed by atoms with van der Waals surface area (Å²) < 4.78 is 0. The van der Waals surface area contributed by atoms with Gasteiger partial charge in [-0.3, -0.25) is 9.79 Å². The molecule has 0 aromatic heterocycles. The lowest BCUT2D eigenvalue weighted by Crippen LogP contribution is -2.54. The lowest BCUT2D eigenvalue weighted by Gasteiger charge is -2.37. The number of amidine groups is 1. The van der Waals surface area contributed by atoms with Gasteiger partial charge in [-0.15, -0.1) is 0 Å². The molecule has 0 bridgehead atoms. The van der Waals surface area contributed by atoms with Gasteiger partial charge < -0.3 is 20.8 Å². The van der Waals surface area contributed by atoms with Gasteiger partial charge in [0.15, 0.2) is 5.17 Å². The van der Waals surface area contributed by atoms with Crippen LogP contribution in [0, 0.1) is 5.92 Å². The standard InChI is InChI=1S/C19H24ClN3O3S/c20-10-5-7-12(8-6-10)22-19-23-15-16(25)14(24)9-13(17(15)27-19)18(26)21-11-3-1-2-4-11/h5-8,11,13-17,24-25H,1-4,9H2,(H,21,26)(H,22,23)/t13-,14+,15+,16-,17+/m0/s1. The van der Waals surface area contributed by atoms with E-state index in [1.54, 1.807) is 12.1 Å². The summed E-state index contributed by atoms with van der Waals surface area (Å²) in [6, 6.07) is 7.01. The van der Waals surface area contributed by atoms with Crippen molar-refractivity contribution in [1.29, 1.82) is 0 Å². The molecule has 4 N–H and O–H groups in total. The van der Waals surface area contributed by atoms with Gasteiger partial charge in [0, 0.05) is 22.0 Å². The second-order valence-corrected chi connectivity index (χ2v) is 9.13. The predicted molar refractivity (Wildman–Crippen MR) is 108 cm³/mol. The molecule has 27 heavy (non-hydrogen) atoms. The normalized spacial score (nSPS) is 33.4. The van der Waals surface area contributed by atoms with E-state index in [4.69, 9.17) is 11.6 Å². The third-order valence-corrected chi connectivity index (χ3v) is 7.18. The third kappa shape index (κ3) is 4.11. The number of nitrogens with one attached hydrogen (secondary N) is 2. The topological polar surface area (TPSA) is 94.0 Å². The zero-order valence-electron chi connectivity index (χ0n) is 14.8. The number of aliphatic imine (C=N–C) groups is 1. The van der Waals surface area contributed by atoms with Crippen LogP contribution in [-0.2, 0) is 4.79 Å². The van der Waals surface area contributed by atoms with E-state index in [1.165, 1.54) is 11.8 Å². The van der Waals surface area contributed by atoms with Crippen LogP contribution in [0.25, 0.3) is 0 Å². The van der Waals surface area contributed by atoms with Gasteiger partial charge in [0.1, 0.15) is 6.10 Å². The molecule has 8 heteroatoms. The third-order valence-electron chi connectivity index (χ3n) is 5.62. The first-order chi connectivity index (χ1) is 13.0. The first-order valence-electron chi connectivity index (χ1n) is 9.45. The van der Waals surface area contributed by atoms with Gasteiger partial charge >= 0.3 is 0 Å². The smallest absolute Gasteiger partial charge is 0.224 e. The van der Waals surface area contributed by atoms with Crippen molar-refractivity contribution in [2.75, 3.05) is 5.32 Å². The van der Waals surface area contributed by atoms with Crippen LogP contribution < -0.4 is 10.6 Å². The van der Waals surface area contributed by atoms with Gasteiger partial charge in [-0.1, -0.05) is 36.2 Å². The van der Waals surface area contributed by atoms with Gasteiger partial charge in [0.2, 0.25) is 5.91 Å². The maximum Gasteiger partial charge on any atom is 0.224 e. The maximum atomic E-state index is 12.8. The zero-order valence-corrected chi connectivity index (χ0v) is 16.4. The van der Waals surface area contributed by atoms with Crippen LogP contribution in [0.5, 0.6) is 0 Å². The van der Waals surface area contributed by atoms with E-state index in [-0.39, 0.29) is 29.5 Å². The zero-order chi connectivity index (χ0) is 19.0. The number of carbonyl (C=O) groups is 1. The predicted octanol–water partition coefficient (Wildman–Crippen LogP) is 2.39. The van der Waals surface area contributed by atoms with Crippen LogP contribution in [0.3, 0.4) is 0 Å². The van der Waals surface area contributed by atoms with Crippen LogP contribution in [-0.4, -0.2) is 50.8 Å². The van der Waals surface area contributed by atoms with E-state index in [1.807, 2.05) is 12.1 Å². The number of hydrogen-bond acceptors (Lipinski definition) is 6. The molecule has 1 aromatic rings. The molecule has 0 saturated heterocycles. The fraction of sp³-hybridized carbons (Fsp3) is 0.579. The number of aliphatic hydroxyl groups is 2. The van der Waals surface area contributed by atoms with Crippen molar-refractivity contribution in [3.63, 3.8) is 0 Å². The SMILES string of the molecule is O=C(NC1CCCC1)[C@H]1C[C@@H](O)[C@H](O)[C@H]2N=C(Nc3ccc(Cl)cc3)S[C@@H]21. The molecule has 2 fully saturated rings. The number of carbonyl (C=O) groups excluding carboxylic acids is 1. The highest BCUT2D eigenvalue weighted by molar-refractivity contribution is 8.15. The average Bonchev–Trinajstić information content (AvgIpc) is 3.30. The summed E-state index contributed by atoms with van der Waals surface area (Å²) in [5, 5.41) is 28.2. The Morgan fingerprint density at radius 3 is 2.59 bits per heavy atom. The summed E-state index contributed by atoms with van der Waals surface area (Å²) in [6.07, 6.45) is 2.70. The number of aliphatic hydroxyl groups excluding tert-OH is 2. The van der Waals surface area contributed by atoms with E-state index < -0.39 is 18.2 Å². The monoisotopic (exact) mass is 409 g/mol. The number of halogens is 1. The van der Waals surface area contributed by atoms with Gasteiger partial charge in [0.25, 0.3) is 0 Å². The molecule has 1 aromatic carbocycles. The Bertz CT molecular complexity index is 723. The molecule has 3 aliphatic rings. The van der Waals surface area contributed by atoms with E-state index in [2.05, 4.69) is 15.6 Å². The Kier molecular flexibility index (Phi) is 5.64. The molecule has 6 nitrogen and oxygen atoms in total. The van der Waals surface area contributed by atoms with Crippen molar-refractivity contribution in [1.82, 2.24) is 5.32 Å². The van der Waals surface area contributed by atoms with Crippen molar-refractivity contribution < 1.29 is 15.0 Å². The molecule has 1 amide bonds. The second kappa shape index (κ2) is 7.99. The number of benzene rings is 1. The fourth-order valence-electron chi connectivity index (χ4n) is 4.14. The number of rotatable bonds is 3. The lowest BCUT2D eigenvalue weighted by molar-refractivity contribution is -0.130. The van der Waals surface area contributed by atoms with Crippen molar-refractivity contribution in [3.05, 3.63) is 29.3 Å². The van der Waals surface area contributed by atoms with Gasteiger partial charge in [-0.05, 0) is 43.5 Å². The summed E-state index contributed by atoms with van der Waals surface area (Å²) in [7, 11) is 0. The molecule has 0 radical (unpaired) electrons. The Morgan fingerprint density at radius 1 is 1.19 bits per heavy atom. The highest BCUT2D eigenvalue weighted by Gasteiger charge is 2.50. The van der Waals surface area contributed by atoms with Crippen molar-refractivity contribution in [2.24, 2.45) is 10.9 Å². The fourth-order valence-corrected chi connectivity index (χ4v) is 5.65. The minimum Gasteiger partial charge on any atom is -0.390 e. The van der Waals surface area contributed by atoms with Crippen LogP contribution >= 0.6 is 23.4 Å². The summed E-state index contributed by atoms with van der Waals surface area (Å²) in [5.74, 6) is -0.398. The van der Waals surface area contributed by atoms with Crippen LogP contribution in [0.1, 0.15) is 32.1 Å². The summed E-state index contributed by atoms with van der Waals surface area (Å²) in [6.45, 7) is 0. The first-order valence-corrected chi connectivity index (χ1v) is 10.7. The number of hydrogen-bond donors (Lipinski definition) is 4. The summed E-state index contributed by atoms with van der Waals surface area (Å²) >= 11 is 7.39. The number of amides is 1. The van der Waals surface area contributed by atoms with Gasteiger partial charge in [0.05, 0.1) is 18.1 Å². The van der Waals surface area contributed by atoms with Crippen LogP contribution in [0.15, 0.2) is 29.3 Å². The van der Waals surface area contributed by atoms with Crippen LogP contribution in [0.2, 0.25) is 5.02 Å². The van der Waals surface area contributed by atoms with E-state index in [0.717, 1.165) is 31.4 Å². The second-order valence-electron chi connectivity index (χ2n) is 7.53. The largest absolute Gasteiger partial charge is 0.390 e. The first kappa shape index (κ1) is 19.1. The maximum absolute atomic E-state index is 12.8. The molecule has 0 unspecified atom stereocenters. The van der Waals surface area contributed by atoms with E-state index in [9.17, 15) is 15.0 Å². The average molecular weight is 410 g/mol. The minimum absolute atomic E-state index is 0.0294. The molecule has 2 aliphatic carbocycles. The number of thioether (sulfide) groups is 1. The number of nitrogens with zero attached hydrogens (tertiary/aromatic N) is 1. The van der Waals surface area contributed by atoms with Gasteiger partial charge in [-0.25, -0.2) is 0 Å². The molecular formula is C19H24ClN3O3S. The lowest BCUT2D eigenvalue weighted by atomic mass is 9.81. The molecule has 0 spiro atoms. The van der Waals surface area contributed by atoms with Crippen LogP contribution in [0.4, 0.5) is 5.69 Å². The van der Waals surface area contributed by atoms with Crippen molar-refractivity contribution in [3.8, 4) is 0 Å². The quantitative estimate of drug-likeness (QED) is 0.615. The minimum atomic E-state index is -0.956. The molecule has 146 valence electrons. The van der Waals surface area contributed by atoms with Crippen molar-refractivity contribution >= 4 is 40.1 Å². The van der Waals surface area contributed by atoms with E-state index in [0.29, 0.717) is 10.2 Å². The molecule has 5 atom stereocenters. The number of anilines is 1. The highest BCUT2D eigenvalue weighted by Crippen LogP contribution is 2.41. The summed E-state index contributed by atoms with van der Waals surface area (Å²) in [4.78, 5) is 17.4. The van der Waals surface area contributed by atoms with Crippen molar-refractivity contribution in [2.45, 2.75) is 61.6 Å². The molecular weight excluding hydrogens is 386 g/mol. The molecule has 1 aliphatic heterocycles. The summed E-state index contributed by atoms with van der Waals surface area (Å²) in [5.41, 5.74) is 0.839. The Hall–Kier alpha value is -1.28. The molecule has 2 saturated carbocycles. The van der Waals surface area contributed by atoms with Gasteiger partial charge in [-0.2, -0.15) is 0 Å². The molecule has 1 heterocycles. The Morgan fingerprint density at radius 2 is 1.89 bits per heavy atom. The Labute approximate surface area is 167 Å². The van der Waals surface area contributed by atoms with E-state index >= 15 is 0 Å². The highest BCUT2D eigenvalue weighted by atomic mass is 35.5. The number of fused-ring (bicyclic) bond motifs is 1. The molecule has 4 rings (SSSR count).